The molecule has 0 amide bonds. The number of aromatic nitrogens is 2. The second-order valence-corrected chi connectivity index (χ2v) is 5.11. The molecule has 1 heterocycles. The number of nitriles is 1. The van der Waals surface area contributed by atoms with E-state index in [2.05, 4.69) is 11.1 Å². The third-order valence-corrected chi connectivity index (χ3v) is 3.69. The molecule has 0 saturated heterocycles. The van der Waals surface area contributed by atoms with Gasteiger partial charge < -0.3 is 4.57 Å². The van der Waals surface area contributed by atoms with E-state index in [0.717, 1.165) is 27.7 Å². The first kappa shape index (κ1) is 13.3. The highest BCUT2D eigenvalue weighted by Crippen LogP contribution is 2.27. The summed E-state index contributed by atoms with van der Waals surface area (Å²) in [7, 11) is 0. The number of aryl methyl sites for hydroxylation is 2. The lowest BCUT2D eigenvalue weighted by atomic mass is 10.1. The first-order valence-corrected chi connectivity index (χ1v) is 6.70. The van der Waals surface area contributed by atoms with Gasteiger partial charge in [0.15, 0.2) is 0 Å². The average Bonchev–Trinajstić information content (AvgIpc) is 2.79. The van der Waals surface area contributed by atoms with Crippen molar-refractivity contribution in [3.05, 3.63) is 53.3 Å². The molecule has 0 radical (unpaired) electrons. The highest BCUT2D eigenvalue weighted by atomic mass is 19.1. The molecule has 0 aliphatic heterocycles. The van der Waals surface area contributed by atoms with Gasteiger partial charge in [-0.1, -0.05) is 0 Å². The number of hydrogen-bond donors (Lipinski definition) is 0. The van der Waals surface area contributed by atoms with Gasteiger partial charge in [-0.3, -0.25) is 0 Å². The summed E-state index contributed by atoms with van der Waals surface area (Å²) in [4.78, 5) is 4.62. The van der Waals surface area contributed by atoms with E-state index in [4.69, 9.17) is 5.26 Å². The fourth-order valence-electron chi connectivity index (χ4n) is 2.43. The zero-order valence-corrected chi connectivity index (χ0v) is 11.9. The van der Waals surface area contributed by atoms with Crippen molar-refractivity contribution in [1.82, 2.24) is 9.55 Å². The smallest absolute Gasteiger partial charge is 0.142 e. The minimum Gasteiger partial charge on any atom is -0.310 e. The maximum absolute atomic E-state index is 13.1. The van der Waals surface area contributed by atoms with E-state index in [9.17, 15) is 4.39 Å². The molecule has 0 spiro atoms. The van der Waals surface area contributed by atoms with Crippen LogP contribution in [-0.2, 0) is 6.54 Å². The second kappa shape index (κ2) is 5.02. The van der Waals surface area contributed by atoms with Crippen LogP contribution in [0.15, 0.2) is 36.4 Å². The highest BCUT2D eigenvalue weighted by Gasteiger charge is 2.13. The van der Waals surface area contributed by atoms with Crippen molar-refractivity contribution in [3.63, 3.8) is 0 Å². The van der Waals surface area contributed by atoms with E-state index in [-0.39, 0.29) is 12.4 Å². The predicted octanol–water partition coefficient (Wildman–Crippen LogP) is 3.98. The number of benzene rings is 2. The lowest BCUT2D eigenvalue weighted by Crippen LogP contribution is -1.99. The summed E-state index contributed by atoms with van der Waals surface area (Å²) in [5.41, 5.74) is 4.91. The molecule has 3 aromatic rings. The van der Waals surface area contributed by atoms with Crippen LogP contribution in [0, 0.1) is 31.0 Å². The molecule has 0 fully saturated rings. The fourth-order valence-corrected chi connectivity index (χ4v) is 2.43. The first-order valence-electron chi connectivity index (χ1n) is 6.70. The Morgan fingerprint density at radius 2 is 1.81 bits per heavy atom. The van der Waals surface area contributed by atoms with Gasteiger partial charge in [-0.25, -0.2) is 9.37 Å². The maximum Gasteiger partial charge on any atom is 0.142 e. The summed E-state index contributed by atoms with van der Waals surface area (Å²) in [5, 5.41) is 9.08. The van der Waals surface area contributed by atoms with E-state index in [1.807, 2.05) is 30.5 Å². The zero-order chi connectivity index (χ0) is 15.0. The number of rotatable bonds is 2. The molecule has 104 valence electrons. The van der Waals surface area contributed by atoms with Gasteiger partial charge >= 0.3 is 0 Å². The summed E-state index contributed by atoms with van der Waals surface area (Å²) in [6.07, 6.45) is 0. The van der Waals surface area contributed by atoms with Crippen LogP contribution in [-0.4, -0.2) is 9.55 Å². The predicted molar refractivity (Wildman–Crippen MR) is 80.2 cm³/mol. The van der Waals surface area contributed by atoms with Crippen LogP contribution in [0.4, 0.5) is 4.39 Å². The summed E-state index contributed by atoms with van der Waals surface area (Å²) >= 11 is 0. The number of hydrogen-bond acceptors (Lipinski definition) is 2. The van der Waals surface area contributed by atoms with E-state index in [0.29, 0.717) is 5.82 Å². The molecule has 0 aliphatic carbocycles. The van der Waals surface area contributed by atoms with Gasteiger partial charge in [0.1, 0.15) is 18.2 Å². The molecular formula is C17H14FN3. The summed E-state index contributed by atoms with van der Waals surface area (Å²) < 4.78 is 15.0. The first-order chi connectivity index (χ1) is 10.1. The molecule has 3 rings (SSSR count). The fraction of sp³-hybridized carbons (Fsp3) is 0.176. The normalized spacial score (nSPS) is 10.8. The van der Waals surface area contributed by atoms with Crippen LogP contribution in [0.5, 0.6) is 0 Å². The molecule has 1 aromatic heterocycles. The van der Waals surface area contributed by atoms with Crippen LogP contribution >= 0.6 is 0 Å². The van der Waals surface area contributed by atoms with Crippen molar-refractivity contribution in [2.75, 3.05) is 0 Å². The van der Waals surface area contributed by atoms with Gasteiger partial charge in [0.25, 0.3) is 0 Å². The van der Waals surface area contributed by atoms with Crippen LogP contribution in [0.2, 0.25) is 0 Å². The Labute approximate surface area is 122 Å². The van der Waals surface area contributed by atoms with E-state index < -0.39 is 0 Å². The molecule has 0 atom stereocenters. The number of fused-ring (bicyclic) bond motifs is 1. The summed E-state index contributed by atoms with van der Waals surface area (Å²) in [5.74, 6) is 0.407. The molecule has 0 N–H and O–H groups in total. The molecule has 3 nitrogen and oxygen atoms in total. The van der Waals surface area contributed by atoms with Crippen molar-refractivity contribution in [1.29, 1.82) is 5.26 Å². The van der Waals surface area contributed by atoms with Crippen molar-refractivity contribution in [2.24, 2.45) is 0 Å². The van der Waals surface area contributed by atoms with Crippen molar-refractivity contribution in [2.45, 2.75) is 20.4 Å². The van der Waals surface area contributed by atoms with Crippen molar-refractivity contribution in [3.8, 4) is 17.5 Å². The van der Waals surface area contributed by atoms with Gasteiger partial charge in [0.2, 0.25) is 0 Å². The van der Waals surface area contributed by atoms with Crippen LogP contribution in [0.3, 0.4) is 0 Å². The zero-order valence-electron chi connectivity index (χ0n) is 11.9. The monoisotopic (exact) mass is 279 g/mol. The molecule has 0 saturated carbocycles. The Morgan fingerprint density at radius 3 is 2.48 bits per heavy atom. The van der Waals surface area contributed by atoms with E-state index in [1.165, 1.54) is 12.1 Å². The Bertz CT molecular complexity index is 854. The Hall–Kier alpha value is -2.67. The SMILES string of the molecule is Cc1cc2nc(-c3ccc(F)cc3)n(CC#N)c2cc1C. The Balaban J connectivity index is 2.29. The van der Waals surface area contributed by atoms with Gasteiger partial charge in [-0.2, -0.15) is 5.26 Å². The van der Waals surface area contributed by atoms with Crippen LogP contribution < -0.4 is 0 Å². The summed E-state index contributed by atoms with van der Waals surface area (Å²) in [6.45, 7) is 4.29. The minimum absolute atomic E-state index is 0.214. The highest BCUT2D eigenvalue weighted by molar-refractivity contribution is 5.82. The van der Waals surface area contributed by atoms with Crippen molar-refractivity contribution >= 4 is 11.0 Å². The maximum atomic E-state index is 13.1. The quantitative estimate of drug-likeness (QED) is 0.712. The number of nitrogens with zero attached hydrogens (tertiary/aromatic N) is 3. The third kappa shape index (κ3) is 2.27. The van der Waals surface area contributed by atoms with Crippen molar-refractivity contribution < 1.29 is 4.39 Å². The summed E-state index contributed by atoms with van der Waals surface area (Å²) in [6, 6.07) is 12.4. The van der Waals surface area contributed by atoms with Gasteiger partial charge in [-0.15, -0.1) is 0 Å². The molecule has 2 aromatic carbocycles. The molecular weight excluding hydrogens is 265 g/mol. The third-order valence-electron chi connectivity index (χ3n) is 3.69. The average molecular weight is 279 g/mol. The van der Waals surface area contributed by atoms with Crippen LogP contribution in [0.25, 0.3) is 22.4 Å². The van der Waals surface area contributed by atoms with Gasteiger partial charge in [0, 0.05) is 5.56 Å². The second-order valence-electron chi connectivity index (χ2n) is 5.11. The van der Waals surface area contributed by atoms with Gasteiger partial charge in [-0.05, 0) is 61.4 Å². The van der Waals surface area contributed by atoms with E-state index in [1.54, 1.807) is 12.1 Å². The molecule has 0 bridgehead atoms. The van der Waals surface area contributed by atoms with E-state index >= 15 is 0 Å². The Morgan fingerprint density at radius 1 is 1.14 bits per heavy atom. The molecule has 0 unspecified atom stereocenters. The number of imidazole rings is 1. The topological polar surface area (TPSA) is 41.6 Å². The Kier molecular flexibility index (Phi) is 3.19. The van der Waals surface area contributed by atoms with Gasteiger partial charge in [0.05, 0.1) is 17.1 Å². The molecule has 4 heteroatoms. The number of halogens is 1. The largest absolute Gasteiger partial charge is 0.310 e. The lowest BCUT2D eigenvalue weighted by molar-refractivity contribution is 0.628. The van der Waals surface area contributed by atoms with Crippen LogP contribution in [0.1, 0.15) is 11.1 Å². The lowest BCUT2D eigenvalue weighted by Gasteiger charge is -2.05. The standard InChI is InChI=1S/C17H14FN3/c1-11-9-15-16(10-12(11)2)21(8-7-19)17(20-15)13-3-5-14(18)6-4-13/h3-6,9-10H,8H2,1-2H3. The molecule has 0 aliphatic rings. The minimum atomic E-state index is -0.284. The molecule has 21 heavy (non-hydrogen) atoms.